The van der Waals surface area contributed by atoms with E-state index in [4.69, 9.17) is 0 Å². The Morgan fingerprint density at radius 2 is 2.06 bits per heavy atom. The van der Waals surface area contributed by atoms with E-state index in [9.17, 15) is 9.35 Å². The molecule has 0 aliphatic carbocycles. The van der Waals surface area contributed by atoms with Crippen LogP contribution in [0.2, 0.25) is 0 Å². The Bertz CT molecular complexity index is 377. The maximum atomic E-state index is 11.8. The molecular weight excluding hydrogens is 224 g/mol. The average Bonchev–Trinajstić information content (AvgIpc) is 2.17. The number of pyridine rings is 1. The van der Waals surface area contributed by atoms with Crippen molar-refractivity contribution < 1.29 is 4.55 Å². The molecule has 1 aromatic heterocycles. The van der Waals surface area contributed by atoms with Gasteiger partial charge in [0.15, 0.2) is 0 Å². The summed E-state index contributed by atoms with van der Waals surface area (Å²) in [5, 5.41) is 0. The van der Waals surface area contributed by atoms with Crippen LogP contribution >= 0.6 is 0 Å². The Kier molecular flexibility index (Phi) is 4.18. The van der Waals surface area contributed by atoms with Gasteiger partial charge in [-0.1, -0.05) is 6.07 Å². The van der Waals surface area contributed by atoms with Gasteiger partial charge in [-0.15, -0.1) is 4.72 Å². The van der Waals surface area contributed by atoms with Crippen molar-refractivity contribution >= 4 is 11.4 Å². The van der Waals surface area contributed by atoms with Gasteiger partial charge in [-0.3, -0.25) is 4.79 Å². The number of aromatic nitrogens is 1. The minimum absolute atomic E-state index is 0.0584. The van der Waals surface area contributed by atoms with Crippen molar-refractivity contribution in [2.45, 2.75) is 38.5 Å². The molecule has 0 radical (unpaired) electrons. The van der Waals surface area contributed by atoms with Crippen molar-refractivity contribution in [1.82, 2.24) is 9.71 Å². The lowest BCUT2D eigenvalue weighted by Gasteiger charge is -2.26. The standard InChI is InChI=1S/C11H18N2O2S/c1-8(13-16(15)11(2,3)4)9-5-6-10(14)12-7-9/h5-8,13H,1-4H3,(H,12,14)/t8-,16?/m0/s1. The number of aromatic amines is 1. The Balaban J connectivity index is 2.69. The van der Waals surface area contributed by atoms with Gasteiger partial charge in [-0.2, -0.15) is 0 Å². The Morgan fingerprint density at radius 3 is 2.50 bits per heavy atom. The van der Waals surface area contributed by atoms with Gasteiger partial charge in [0.05, 0.1) is 6.04 Å². The fourth-order valence-electron chi connectivity index (χ4n) is 1.10. The first-order valence-corrected chi connectivity index (χ1v) is 6.32. The third-order valence-electron chi connectivity index (χ3n) is 2.15. The van der Waals surface area contributed by atoms with E-state index in [1.54, 1.807) is 12.3 Å². The first-order chi connectivity index (χ1) is 7.30. The van der Waals surface area contributed by atoms with Gasteiger partial charge in [-0.25, -0.2) is 0 Å². The lowest BCUT2D eigenvalue weighted by Crippen LogP contribution is -2.40. The molecular formula is C11H18N2O2S. The van der Waals surface area contributed by atoms with Gasteiger partial charge < -0.3 is 9.54 Å². The van der Waals surface area contributed by atoms with Crippen LogP contribution in [0.5, 0.6) is 0 Å². The molecule has 2 N–H and O–H groups in total. The van der Waals surface area contributed by atoms with E-state index in [-0.39, 0.29) is 16.3 Å². The van der Waals surface area contributed by atoms with E-state index in [0.29, 0.717) is 0 Å². The minimum Gasteiger partial charge on any atom is -0.598 e. The zero-order valence-electron chi connectivity index (χ0n) is 10.0. The van der Waals surface area contributed by atoms with Gasteiger partial charge >= 0.3 is 0 Å². The van der Waals surface area contributed by atoms with E-state index >= 15 is 0 Å². The number of H-pyrrole nitrogens is 1. The van der Waals surface area contributed by atoms with Crippen LogP contribution in [0, 0.1) is 0 Å². The second-order valence-electron chi connectivity index (χ2n) is 4.71. The fraction of sp³-hybridized carbons (Fsp3) is 0.545. The number of hydrogen-bond acceptors (Lipinski definition) is 3. The fourth-order valence-corrected chi connectivity index (χ4v) is 1.91. The summed E-state index contributed by atoms with van der Waals surface area (Å²) in [6, 6.07) is 3.14. The molecule has 0 aliphatic rings. The molecule has 0 amide bonds. The van der Waals surface area contributed by atoms with Crippen LogP contribution in [0.1, 0.15) is 39.3 Å². The summed E-state index contributed by atoms with van der Waals surface area (Å²) in [6.07, 6.45) is 1.64. The summed E-state index contributed by atoms with van der Waals surface area (Å²) in [4.78, 5) is 13.5. The minimum atomic E-state index is -1.12. The third-order valence-corrected chi connectivity index (χ3v) is 3.83. The molecule has 0 bridgehead atoms. The van der Waals surface area contributed by atoms with Crippen molar-refractivity contribution in [3.63, 3.8) is 0 Å². The van der Waals surface area contributed by atoms with Crippen LogP contribution in [-0.2, 0) is 11.4 Å². The average molecular weight is 242 g/mol. The highest BCUT2D eigenvalue weighted by Crippen LogP contribution is 2.18. The number of hydrogen-bond donors (Lipinski definition) is 2. The molecule has 0 saturated carbocycles. The topological polar surface area (TPSA) is 67.9 Å². The van der Waals surface area contributed by atoms with Crippen molar-refractivity contribution in [2.75, 3.05) is 0 Å². The van der Waals surface area contributed by atoms with E-state index in [1.165, 1.54) is 6.07 Å². The zero-order chi connectivity index (χ0) is 12.3. The van der Waals surface area contributed by atoms with Gasteiger partial charge in [0.25, 0.3) is 0 Å². The van der Waals surface area contributed by atoms with Gasteiger partial charge in [-0.05, 0) is 33.3 Å². The molecule has 90 valence electrons. The monoisotopic (exact) mass is 242 g/mol. The summed E-state index contributed by atoms with van der Waals surface area (Å²) in [6.45, 7) is 7.65. The molecule has 0 spiro atoms. The highest BCUT2D eigenvalue weighted by molar-refractivity contribution is 7.90. The third kappa shape index (κ3) is 3.66. The summed E-state index contributed by atoms with van der Waals surface area (Å²) >= 11 is -1.12. The van der Waals surface area contributed by atoms with Crippen molar-refractivity contribution in [1.29, 1.82) is 0 Å². The Hall–Kier alpha value is -0.780. The first-order valence-electron chi connectivity index (χ1n) is 5.17. The molecule has 1 aromatic rings. The summed E-state index contributed by atoms with van der Waals surface area (Å²) in [5.41, 5.74) is 0.782. The molecule has 5 heteroatoms. The van der Waals surface area contributed by atoms with Crippen molar-refractivity contribution in [3.8, 4) is 0 Å². The van der Waals surface area contributed by atoms with Crippen molar-refractivity contribution in [3.05, 3.63) is 34.2 Å². The molecule has 4 nitrogen and oxygen atoms in total. The predicted octanol–water partition coefficient (Wildman–Crippen LogP) is 1.49. The van der Waals surface area contributed by atoms with E-state index in [0.717, 1.165) is 5.56 Å². The van der Waals surface area contributed by atoms with Crippen LogP contribution in [0.4, 0.5) is 0 Å². The Labute approximate surface area is 98.8 Å². The molecule has 0 aliphatic heterocycles. The Morgan fingerprint density at radius 1 is 1.44 bits per heavy atom. The van der Waals surface area contributed by atoms with E-state index in [2.05, 4.69) is 9.71 Å². The van der Waals surface area contributed by atoms with E-state index in [1.807, 2.05) is 27.7 Å². The highest BCUT2D eigenvalue weighted by Gasteiger charge is 2.28. The summed E-state index contributed by atoms with van der Waals surface area (Å²) < 4.78 is 14.6. The van der Waals surface area contributed by atoms with Crippen LogP contribution in [0.15, 0.2) is 23.1 Å². The van der Waals surface area contributed by atoms with Crippen LogP contribution < -0.4 is 10.3 Å². The lowest BCUT2D eigenvalue weighted by molar-refractivity contribution is 0.531. The second kappa shape index (κ2) is 5.03. The lowest BCUT2D eigenvalue weighted by atomic mass is 10.2. The van der Waals surface area contributed by atoms with Crippen LogP contribution in [-0.4, -0.2) is 14.3 Å². The molecule has 0 saturated heterocycles. The smallest absolute Gasteiger partial charge is 0.247 e. The molecule has 2 atom stereocenters. The van der Waals surface area contributed by atoms with Gasteiger partial charge in [0.1, 0.15) is 4.75 Å². The number of nitrogens with one attached hydrogen (secondary N) is 2. The zero-order valence-corrected chi connectivity index (χ0v) is 10.9. The maximum Gasteiger partial charge on any atom is 0.247 e. The molecule has 16 heavy (non-hydrogen) atoms. The summed E-state index contributed by atoms with van der Waals surface area (Å²) in [7, 11) is 0. The van der Waals surface area contributed by atoms with Crippen LogP contribution in [0.25, 0.3) is 0 Å². The van der Waals surface area contributed by atoms with Crippen LogP contribution in [0.3, 0.4) is 0 Å². The first kappa shape index (κ1) is 13.3. The van der Waals surface area contributed by atoms with Gasteiger partial charge in [0, 0.05) is 23.6 Å². The largest absolute Gasteiger partial charge is 0.598 e. The number of rotatable bonds is 3. The predicted molar refractivity (Wildman–Crippen MR) is 66.5 cm³/mol. The second-order valence-corrected chi connectivity index (χ2v) is 6.70. The highest BCUT2D eigenvalue weighted by atomic mass is 32.2. The molecule has 0 fully saturated rings. The van der Waals surface area contributed by atoms with E-state index < -0.39 is 11.4 Å². The molecule has 1 heterocycles. The normalized spacial score (nSPS) is 15.8. The molecule has 0 aromatic carbocycles. The molecule has 1 unspecified atom stereocenters. The van der Waals surface area contributed by atoms with Gasteiger partial charge in [0.2, 0.25) is 5.56 Å². The maximum absolute atomic E-state index is 11.8. The summed E-state index contributed by atoms with van der Waals surface area (Å²) in [5.74, 6) is 0. The SMILES string of the molecule is C[C@H](N[S+]([O-])C(C)(C)C)c1ccc(=O)[nH]c1. The quantitative estimate of drug-likeness (QED) is 0.789. The van der Waals surface area contributed by atoms with Crippen molar-refractivity contribution in [2.24, 2.45) is 0 Å². The molecule has 1 rings (SSSR count).